The molecule has 0 amide bonds. The minimum absolute atomic E-state index is 0.300. The number of hydrogen-bond acceptors (Lipinski definition) is 4. The zero-order valence-electron chi connectivity index (χ0n) is 15.6. The van der Waals surface area contributed by atoms with E-state index in [4.69, 9.17) is 9.47 Å². The molecule has 1 N–H and O–H groups in total. The van der Waals surface area contributed by atoms with E-state index in [0.29, 0.717) is 29.5 Å². The van der Waals surface area contributed by atoms with Crippen molar-refractivity contribution in [3.05, 3.63) is 42.1 Å². The van der Waals surface area contributed by atoms with Gasteiger partial charge in [0.2, 0.25) is 0 Å². The van der Waals surface area contributed by atoms with Crippen LogP contribution < -0.4 is 10.1 Å². The van der Waals surface area contributed by atoms with E-state index < -0.39 is 11.6 Å². The highest BCUT2D eigenvalue weighted by atomic mass is 19.1. The average Bonchev–Trinajstić information content (AvgIpc) is 2.69. The van der Waals surface area contributed by atoms with Gasteiger partial charge in [-0.05, 0) is 55.0 Å². The van der Waals surface area contributed by atoms with Crippen molar-refractivity contribution in [2.75, 3.05) is 31.7 Å². The third-order valence-corrected chi connectivity index (χ3v) is 4.76. The SMILES string of the molecule is CCCCOc1c(F)cc(-c2cccnc2NCC2CCOCC2)cc1F. The molecule has 1 aliphatic rings. The van der Waals surface area contributed by atoms with Crippen molar-refractivity contribution >= 4 is 5.82 Å². The number of aromatic nitrogens is 1. The Balaban J connectivity index is 1.77. The summed E-state index contributed by atoms with van der Waals surface area (Å²) in [6, 6.07) is 6.18. The van der Waals surface area contributed by atoms with Gasteiger partial charge in [-0.3, -0.25) is 0 Å². The van der Waals surface area contributed by atoms with Crippen molar-refractivity contribution in [1.82, 2.24) is 4.98 Å². The van der Waals surface area contributed by atoms with Gasteiger partial charge >= 0.3 is 0 Å². The van der Waals surface area contributed by atoms with E-state index in [1.807, 2.05) is 13.0 Å². The third-order valence-electron chi connectivity index (χ3n) is 4.76. The number of rotatable bonds is 8. The lowest BCUT2D eigenvalue weighted by atomic mass is 10.00. The smallest absolute Gasteiger partial charge is 0.190 e. The molecule has 0 radical (unpaired) electrons. The van der Waals surface area contributed by atoms with Crippen molar-refractivity contribution < 1.29 is 18.3 Å². The molecule has 1 saturated heterocycles. The molecular formula is C21H26F2N2O2. The molecule has 2 heterocycles. The lowest BCUT2D eigenvalue weighted by Gasteiger charge is -2.23. The molecule has 4 nitrogen and oxygen atoms in total. The molecule has 0 aliphatic carbocycles. The molecule has 1 aliphatic heterocycles. The minimum Gasteiger partial charge on any atom is -0.488 e. The van der Waals surface area contributed by atoms with Crippen molar-refractivity contribution in [1.29, 1.82) is 0 Å². The Labute approximate surface area is 158 Å². The summed E-state index contributed by atoms with van der Waals surface area (Å²) in [5.74, 6) is -0.563. The molecule has 6 heteroatoms. The van der Waals surface area contributed by atoms with Gasteiger partial charge in [-0.2, -0.15) is 0 Å². The van der Waals surface area contributed by atoms with Crippen LogP contribution in [0.1, 0.15) is 32.6 Å². The zero-order valence-corrected chi connectivity index (χ0v) is 15.6. The second-order valence-electron chi connectivity index (χ2n) is 6.81. The number of halogens is 2. The fourth-order valence-electron chi connectivity index (χ4n) is 3.14. The second kappa shape index (κ2) is 9.65. The van der Waals surface area contributed by atoms with Crippen LogP contribution in [0.3, 0.4) is 0 Å². The predicted molar refractivity (Wildman–Crippen MR) is 102 cm³/mol. The van der Waals surface area contributed by atoms with E-state index in [1.54, 1.807) is 12.3 Å². The van der Waals surface area contributed by atoms with Crippen LogP contribution in [-0.4, -0.2) is 31.3 Å². The van der Waals surface area contributed by atoms with Crippen LogP contribution in [0.25, 0.3) is 11.1 Å². The minimum atomic E-state index is -0.694. The Morgan fingerprint density at radius 3 is 2.67 bits per heavy atom. The Kier molecular flexibility index (Phi) is 6.98. The Morgan fingerprint density at radius 2 is 1.96 bits per heavy atom. The quantitative estimate of drug-likeness (QED) is 0.655. The van der Waals surface area contributed by atoms with Crippen LogP contribution in [-0.2, 0) is 4.74 Å². The first-order valence-electron chi connectivity index (χ1n) is 9.58. The Bertz CT molecular complexity index is 726. The highest BCUT2D eigenvalue weighted by Crippen LogP contribution is 2.32. The molecular weight excluding hydrogens is 350 g/mol. The normalized spacial score (nSPS) is 14.9. The molecule has 0 spiro atoms. The lowest BCUT2D eigenvalue weighted by molar-refractivity contribution is 0.0699. The molecule has 0 bridgehead atoms. The van der Waals surface area contributed by atoms with Crippen molar-refractivity contribution in [2.24, 2.45) is 5.92 Å². The molecule has 1 fully saturated rings. The van der Waals surface area contributed by atoms with Crippen molar-refractivity contribution in [2.45, 2.75) is 32.6 Å². The van der Waals surface area contributed by atoms with E-state index in [1.165, 1.54) is 12.1 Å². The van der Waals surface area contributed by atoms with Crippen LogP contribution in [0.5, 0.6) is 5.75 Å². The number of anilines is 1. The van der Waals surface area contributed by atoms with Crippen LogP contribution in [0.4, 0.5) is 14.6 Å². The third kappa shape index (κ3) is 5.16. The molecule has 2 aromatic rings. The topological polar surface area (TPSA) is 43.4 Å². The highest BCUT2D eigenvalue weighted by molar-refractivity contribution is 5.75. The van der Waals surface area contributed by atoms with E-state index in [-0.39, 0.29) is 5.75 Å². The van der Waals surface area contributed by atoms with Gasteiger partial charge < -0.3 is 14.8 Å². The Hall–Kier alpha value is -2.21. The number of pyridine rings is 1. The highest BCUT2D eigenvalue weighted by Gasteiger charge is 2.17. The first-order chi connectivity index (χ1) is 13.2. The molecule has 0 atom stereocenters. The number of unbranched alkanes of at least 4 members (excludes halogenated alkanes) is 1. The summed E-state index contributed by atoms with van der Waals surface area (Å²) in [6.07, 6.45) is 5.33. The summed E-state index contributed by atoms with van der Waals surface area (Å²) in [5, 5.41) is 3.33. The van der Waals surface area contributed by atoms with E-state index in [0.717, 1.165) is 45.4 Å². The van der Waals surface area contributed by atoms with Gasteiger partial charge in [0.15, 0.2) is 17.4 Å². The summed E-state index contributed by atoms with van der Waals surface area (Å²) in [5.41, 5.74) is 1.11. The summed E-state index contributed by atoms with van der Waals surface area (Å²) >= 11 is 0. The first-order valence-corrected chi connectivity index (χ1v) is 9.58. The summed E-state index contributed by atoms with van der Waals surface area (Å²) in [4.78, 5) is 4.36. The number of nitrogens with zero attached hydrogens (tertiary/aromatic N) is 1. The van der Waals surface area contributed by atoms with Crippen LogP contribution >= 0.6 is 0 Å². The summed E-state index contributed by atoms with van der Waals surface area (Å²) < 4.78 is 39.5. The molecule has 146 valence electrons. The maximum absolute atomic E-state index is 14.4. The lowest BCUT2D eigenvalue weighted by Crippen LogP contribution is -2.23. The van der Waals surface area contributed by atoms with Gasteiger partial charge in [-0.25, -0.2) is 13.8 Å². The van der Waals surface area contributed by atoms with Crippen LogP contribution in [0.2, 0.25) is 0 Å². The Morgan fingerprint density at radius 1 is 1.22 bits per heavy atom. The monoisotopic (exact) mass is 376 g/mol. The van der Waals surface area contributed by atoms with Gasteiger partial charge in [0.1, 0.15) is 5.82 Å². The second-order valence-corrected chi connectivity index (χ2v) is 6.81. The molecule has 3 rings (SSSR count). The largest absolute Gasteiger partial charge is 0.488 e. The molecule has 27 heavy (non-hydrogen) atoms. The van der Waals surface area contributed by atoms with E-state index in [2.05, 4.69) is 10.3 Å². The number of ether oxygens (including phenoxy) is 2. The van der Waals surface area contributed by atoms with E-state index >= 15 is 0 Å². The fourth-order valence-corrected chi connectivity index (χ4v) is 3.14. The molecule has 0 unspecified atom stereocenters. The standard InChI is InChI=1S/C21H26F2N2O2/c1-2-3-9-27-20-18(22)12-16(13-19(20)23)17-5-4-8-24-21(17)25-14-15-6-10-26-11-7-15/h4-5,8,12-13,15H,2-3,6-7,9-11,14H2,1H3,(H,24,25). The van der Waals surface area contributed by atoms with Crippen LogP contribution in [0.15, 0.2) is 30.5 Å². The van der Waals surface area contributed by atoms with Crippen molar-refractivity contribution in [3.63, 3.8) is 0 Å². The van der Waals surface area contributed by atoms with Gasteiger partial charge in [-0.1, -0.05) is 13.3 Å². The first kappa shape index (κ1) is 19.5. The van der Waals surface area contributed by atoms with Gasteiger partial charge in [-0.15, -0.1) is 0 Å². The fraction of sp³-hybridized carbons (Fsp3) is 0.476. The molecule has 1 aromatic carbocycles. The average molecular weight is 376 g/mol. The van der Waals surface area contributed by atoms with Crippen molar-refractivity contribution in [3.8, 4) is 16.9 Å². The predicted octanol–water partition coefficient (Wildman–Crippen LogP) is 5.04. The maximum atomic E-state index is 14.4. The zero-order chi connectivity index (χ0) is 19.1. The van der Waals surface area contributed by atoms with Gasteiger partial charge in [0, 0.05) is 31.5 Å². The summed E-state index contributed by atoms with van der Waals surface area (Å²) in [7, 11) is 0. The van der Waals surface area contributed by atoms with E-state index in [9.17, 15) is 8.78 Å². The van der Waals surface area contributed by atoms with Gasteiger partial charge in [0.25, 0.3) is 0 Å². The summed E-state index contributed by atoms with van der Waals surface area (Å²) in [6.45, 7) is 4.61. The van der Waals surface area contributed by atoms with Crippen LogP contribution in [0, 0.1) is 17.6 Å². The van der Waals surface area contributed by atoms with Gasteiger partial charge in [0.05, 0.1) is 6.61 Å². The number of hydrogen-bond donors (Lipinski definition) is 1. The number of benzene rings is 1. The number of nitrogens with one attached hydrogen (secondary N) is 1. The molecule has 1 aromatic heterocycles. The molecule has 0 saturated carbocycles. The maximum Gasteiger partial charge on any atom is 0.190 e.